The third-order valence-electron chi connectivity index (χ3n) is 6.01. The van der Waals surface area contributed by atoms with Gasteiger partial charge in [-0.25, -0.2) is 9.37 Å². The summed E-state index contributed by atoms with van der Waals surface area (Å²) in [5.74, 6) is -7.59. The van der Waals surface area contributed by atoms with Crippen molar-refractivity contribution in [3.05, 3.63) is 64.3 Å². The molecule has 38 heavy (non-hydrogen) atoms. The lowest BCUT2D eigenvalue weighted by Crippen LogP contribution is -2.59. The average molecular weight is 545 g/mol. The Morgan fingerprint density at radius 1 is 1.00 bits per heavy atom. The number of hydrogen-bond donors (Lipinski definition) is 1. The molecule has 0 aliphatic carbocycles. The van der Waals surface area contributed by atoms with Crippen LogP contribution < -0.4 is 10.8 Å². The van der Waals surface area contributed by atoms with E-state index in [9.17, 15) is 44.3 Å². The zero-order chi connectivity index (χ0) is 28.8. The second-order valence-corrected chi connectivity index (χ2v) is 8.53. The van der Waals surface area contributed by atoms with Crippen molar-refractivity contribution in [1.82, 2.24) is 4.98 Å². The minimum absolute atomic E-state index is 0.0522. The maximum absolute atomic E-state index is 15.0. The number of nitrogens with one attached hydrogen (secondary N) is 1. The fourth-order valence-electron chi connectivity index (χ4n) is 4.01. The molecule has 1 atom stereocenters. The number of carbonyl (C=O) groups is 1. The van der Waals surface area contributed by atoms with E-state index in [2.05, 4.69) is 10.3 Å². The fraction of sp³-hybridized carbons (Fsp3) is 0.292. The Morgan fingerprint density at radius 3 is 2.16 bits per heavy atom. The highest BCUT2D eigenvalue weighted by Gasteiger charge is 2.81. The summed E-state index contributed by atoms with van der Waals surface area (Å²) in [7, 11) is 1.67. The summed E-state index contributed by atoms with van der Waals surface area (Å²) in [6, 6.07) is 8.07. The molecule has 0 saturated heterocycles. The number of nitrogens with zero attached hydrogens (tertiary/aromatic N) is 2. The minimum atomic E-state index is -6.85. The van der Waals surface area contributed by atoms with Gasteiger partial charge in [0.1, 0.15) is 19.6 Å². The molecule has 1 aromatic heterocycles. The summed E-state index contributed by atoms with van der Waals surface area (Å²) in [5, 5.41) is 12.0. The van der Waals surface area contributed by atoms with Gasteiger partial charge in [-0.3, -0.25) is 4.79 Å². The summed E-state index contributed by atoms with van der Waals surface area (Å²) in [5.41, 5.74) is -7.63. The van der Waals surface area contributed by atoms with Crippen molar-refractivity contribution < 1.29 is 44.3 Å². The molecule has 0 radical (unpaired) electrons. The number of fused-ring (bicyclic) bond motifs is 1. The van der Waals surface area contributed by atoms with Crippen molar-refractivity contribution in [3.63, 3.8) is 0 Å². The maximum Gasteiger partial charge on any atom is 0.457 e. The highest BCUT2D eigenvalue weighted by atomic mass is 19.4. The number of rotatable bonds is 5. The SMILES string of the molecule is Bc1cc(C#N)nc2ccc(C(=O)Nc3c(C)cc(C(F)(C(F)(F)F)C(F)(F)C(F)(F)F)cc3CC)cc12. The standard InChI is InChI=1S/C24H17BF9N3O/c1-3-12-7-14(21(26,23(29,30)31)22(27,28)24(32,33)34)6-11(2)19(12)37-20(38)13-4-5-18-16(8-13)17(25)9-15(10-35)36-18/h4-9H,3,25H2,1-2H3,(H,37,38). The Morgan fingerprint density at radius 2 is 1.63 bits per heavy atom. The second kappa shape index (κ2) is 9.52. The molecular formula is C24H17BF9N3O. The molecule has 3 rings (SSSR count). The summed E-state index contributed by atoms with van der Waals surface area (Å²) in [6.07, 6.45) is -13.7. The third kappa shape index (κ3) is 4.65. The molecule has 1 amide bonds. The van der Waals surface area contributed by atoms with Gasteiger partial charge in [0.25, 0.3) is 5.91 Å². The van der Waals surface area contributed by atoms with Crippen LogP contribution in [0.15, 0.2) is 36.4 Å². The van der Waals surface area contributed by atoms with Crippen molar-refractivity contribution in [3.8, 4) is 6.07 Å². The molecule has 0 aliphatic heterocycles. The first-order valence-electron chi connectivity index (χ1n) is 10.9. The predicted molar refractivity (Wildman–Crippen MR) is 123 cm³/mol. The number of halogens is 9. The monoisotopic (exact) mass is 545 g/mol. The Balaban J connectivity index is 2.09. The third-order valence-corrected chi connectivity index (χ3v) is 6.01. The van der Waals surface area contributed by atoms with E-state index in [1.807, 2.05) is 6.07 Å². The van der Waals surface area contributed by atoms with Crippen LogP contribution in [0.3, 0.4) is 0 Å². The van der Waals surface area contributed by atoms with Crippen molar-refractivity contribution >= 4 is 35.8 Å². The molecule has 1 unspecified atom stereocenters. The molecule has 2 aromatic carbocycles. The number of aromatic nitrogens is 1. The first-order chi connectivity index (χ1) is 17.4. The molecule has 3 aromatic rings. The fourth-order valence-corrected chi connectivity index (χ4v) is 4.01. The van der Waals surface area contributed by atoms with E-state index in [0.29, 0.717) is 16.4 Å². The van der Waals surface area contributed by atoms with Gasteiger partial charge in [0, 0.05) is 16.8 Å². The van der Waals surface area contributed by atoms with Crippen LogP contribution in [-0.4, -0.2) is 37.0 Å². The van der Waals surface area contributed by atoms with Gasteiger partial charge in [0.15, 0.2) is 0 Å². The van der Waals surface area contributed by atoms with Crippen LogP contribution in [0.1, 0.15) is 39.7 Å². The van der Waals surface area contributed by atoms with Gasteiger partial charge in [0.05, 0.1) is 5.52 Å². The number of hydrogen-bond acceptors (Lipinski definition) is 3. The lowest BCUT2D eigenvalue weighted by Gasteiger charge is -2.36. The minimum Gasteiger partial charge on any atom is -0.321 e. The number of anilines is 1. The first-order valence-corrected chi connectivity index (χ1v) is 10.9. The van der Waals surface area contributed by atoms with E-state index in [4.69, 9.17) is 5.26 Å². The molecule has 0 saturated carbocycles. The van der Waals surface area contributed by atoms with E-state index in [1.165, 1.54) is 31.2 Å². The van der Waals surface area contributed by atoms with E-state index in [1.54, 1.807) is 7.85 Å². The Labute approximate surface area is 210 Å². The Kier molecular flexibility index (Phi) is 7.22. The zero-order valence-corrected chi connectivity index (χ0v) is 19.9. The van der Waals surface area contributed by atoms with Gasteiger partial charge in [-0.2, -0.15) is 40.4 Å². The molecule has 1 N–H and O–H groups in total. The quantitative estimate of drug-likeness (QED) is 0.345. The number of benzene rings is 2. The van der Waals surface area contributed by atoms with Crippen molar-refractivity contribution in [2.24, 2.45) is 0 Å². The van der Waals surface area contributed by atoms with E-state index in [0.717, 1.165) is 6.92 Å². The highest BCUT2D eigenvalue weighted by molar-refractivity contribution is 6.38. The number of nitriles is 1. The van der Waals surface area contributed by atoms with Gasteiger partial charge in [0.2, 0.25) is 0 Å². The second-order valence-electron chi connectivity index (χ2n) is 8.53. The van der Waals surface area contributed by atoms with Crippen molar-refractivity contribution in [2.45, 2.75) is 44.2 Å². The van der Waals surface area contributed by atoms with Gasteiger partial charge in [-0.15, -0.1) is 0 Å². The Hall–Kier alpha value is -3.76. The zero-order valence-electron chi connectivity index (χ0n) is 19.9. The number of carbonyl (C=O) groups excluding carboxylic acids is 1. The number of amides is 1. The van der Waals surface area contributed by atoms with Gasteiger partial charge >= 0.3 is 23.9 Å². The molecule has 0 fully saturated rings. The predicted octanol–water partition coefficient (Wildman–Crippen LogP) is 5.41. The van der Waals surface area contributed by atoms with Crippen LogP contribution in [-0.2, 0) is 12.1 Å². The van der Waals surface area contributed by atoms with Crippen LogP contribution in [0.4, 0.5) is 45.2 Å². The van der Waals surface area contributed by atoms with Crippen LogP contribution in [0.25, 0.3) is 10.9 Å². The molecule has 14 heteroatoms. The maximum atomic E-state index is 15.0. The van der Waals surface area contributed by atoms with Crippen LogP contribution in [0.2, 0.25) is 0 Å². The van der Waals surface area contributed by atoms with E-state index >= 15 is 0 Å². The van der Waals surface area contributed by atoms with Crippen molar-refractivity contribution in [2.75, 3.05) is 5.32 Å². The number of pyridine rings is 1. The normalized spacial score (nSPS) is 14.2. The molecular weight excluding hydrogens is 528 g/mol. The average Bonchev–Trinajstić information content (AvgIpc) is 2.82. The van der Waals surface area contributed by atoms with Crippen LogP contribution >= 0.6 is 0 Å². The molecule has 1 heterocycles. The molecule has 200 valence electrons. The number of alkyl halides is 9. The Bertz CT molecular complexity index is 1460. The van der Waals surface area contributed by atoms with E-state index in [-0.39, 0.29) is 46.6 Å². The summed E-state index contributed by atoms with van der Waals surface area (Å²) in [6.45, 7) is 2.38. The number of aryl methyl sites for hydroxylation is 2. The van der Waals surface area contributed by atoms with Gasteiger partial charge < -0.3 is 5.32 Å². The molecule has 0 bridgehead atoms. The van der Waals surface area contributed by atoms with E-state index < -0.39 is 35.4 Å². The van der Waals surface area contributed by atoms with Crippen LogP contribution in [0.5, 0.6) is 0 Å². The van der Waals surface area contributed by atoms with Crippen molar-refractivity contribution in [1.29, 1.82) is 5.26 Å². The molecule has 0 aliphatic rings. The summed E-state index contributed by atoms with van der Waals surface area (Å²) >= 11 is 0. The summed E-state index contributed by atoms with van der Waals surface area (Å²) < 4.78 is 122. The summed E-state index contributed by atoms with van der Waals surface area (Å²) in [4.78, 5) is 17.0. The lowest BCUT2D eigenvalue weighted by molar-refractivity contribution is -0.389. The first kappa shape index (κ1) is 28.8. The molecule has 4 nitrogen and oxygen atoms in total. The molecule has 0 spiro atoms. The highest BCUT2D eigenvalue weighted by Crippen LogP contribution is 2.58. The van der Waals surface area contributed by atoms with Gasteiger partial charge in [-0.05, 0) is 60.2 Å². The lowest BCUT2D eigenvalue weighted by atomic mass is 9.85. The van der Waals surface area contributed by atoms with Gasteiger partial charge in [-0.1, -0.05) is 18.5 Å². The topological polar surface area (TPSA) is 65.8 Å². The smallest absolute Gasteiger partial charge is 0.321 e. The van der Waals surface area contributed by atoms with Crippen LogP contribution in [0, 0.1) is 18.3 Å². The largest absolute Gasteiger partial charge is 0.457 e.